The first-order valence-electron chi connectivity index (χ1n) is 9.10. The van der Waals surface area contributed by atoms with E-state index in [0.717, 1.165) is 12.5 Å². The molecule has 0 spiro atoms. The molecule has 0 radical (unpaired) electrons. The summed E-state index contributed by atoms with van der Waals surface area (Å²) < 4.78 is 2.21. The lowest BCUT2D eigenvalue weighted by Gasteiger charge is -2.23. The number of nitrogens with zero attached hydrogens (tertiary/aromatic N) is 2. The van der Waals surface area contributed by atoms with Gasteiger partial charge in [-0.3, -0.25) is 4.68 Å². The van der Waals surface area contributed by atoms with Gasteiger partial charge in [0.1, 0.15) is 0 Å². The van der Waals surface area contributed by atoms with Crippen LogP contribution in [0.15, 0.2) is 12.3 Å². The molecule has 3 nitrogen and oxygen atoms in total. The highest BCUT2D eigenvalue weighted by Gasteiger charge is 2.20. The van der Waals surface area contributed by atoms with Crippen LogP contribution < -0.4 is 5.32 Å². The van der Waals surface area contributed by atoms with Crippen LogP contribution in [-0.2, 0) is 6.54 Å². The lowest BCUT2D eigenvalue weighted by Crippen LogP contribution is -2.33. The minimum Gasteiger partial charge on any atom is -0.308 e. The van der Waals surface area contributed by atoms with Crippen molar-refractivity contribution < 1.29 is 0 Å². The Bertz CT molecular complexity index is 412. The van der Waals surface area contributed by atoms with Crippen LogP contribution in [0.4, 0.5) is 0 Å². The molecule has 1 aromatic rings. The summed E-state index contributed by atoms with van der Waals surface area (Å²) in [6.45, 7) is 3.29. The summed E-state index contributed by atoms with van der Waals surface area (Å²) in [5.74, 6) is 0.865. The van der Waals surface area contributed by atoms with Gasteiger partial charge in [-0.1, -0.05) is 38.5 Å². The first-order chi connectivity index (χ1) is 10.3. The van der Waals surface area contributed by atoms with Crippen molar-refractivity contribution in [3.63, 3.8) is 0 Å². The zero-order valence-electron chi connectivity index (χ0n) is 13.6. The molecule has 0 unspecified atom stereocenters. The van der Waals surface area contributed by atoms with Gasteiger partial charge in [0, 0.05) is 18.8 Å². The summed E-state index contributed by atoms with van der Waals surface area (Å²) in [5, 5.41) is 8.51. The fraction of sp³-hybridized carbons (Fsp3) is 0.833. The Balaban J connectivity index is 1.47. The van der Waals surface area contributed by atoms with Crippen molar-refractivity contribution >= 4 is 0 Å². The van der Waals surface area contributed by atoms with E-state index in [9.17, 15) is 0 Å². The van der Waals surface area contributed by atoms with Crippen molar-refractivity contribution in [1.29, 1.82) is 0 Å². The van der Waals surface area contributed by atoms with E-state index < -0.39 is 0 Å². The van der Waals surface area contributed by atoms with Gasteiger partial charge in [0.25, 0.3) is 0 Å². The second kappa shape index (κ2) is 7.44. The lowest BCUT2D eigenvalue weighted by atomic mass is 9.93. The Morgan fingerprint density at radius 3 is 2.48 bits per heavy atom. The molecule has 2 aliphatic rings. The fourth-order valence-electron chi connectivity index (χ4n) is 4.09. The second-order valence-corrected chi connectivity index (χ2v) is 7.15. The van der Waals surface area contributed by atoms with Crippen LogP contribution in [0.25, 0.3) is 0 Å². The first-order valence-corrected chi connectivity index (χ1v) is 9.10. The predicted octanol–water partition coefficient (Wildman–Crippen LogP) is 4.45. The van der Waals surface area contributed by atoms with Crippen LogP contribution in [0, 0.1) is 5.92 Å². The SMILES string of the molecule is C[C@H](NCc1ccn(C2CCCC2)n1)C1CCCCCC1. The summed E-state index contributed by atoms with van der Waals surface area (Å²) in [6, 6.07) is 3.49. The Kier molecular flexibility index (Phi) is 5.34. The molecule has 0 saturated heterocycles. The topological polar surface area (TPSA) is 29.9 Å². The molecule has 0 aliphatic heterocycles. The van der Waals surface area contributed by atoms with E-state index in [2.05, 4.69) is 29.2 Å². The van der Waals surface area contributed by atoms with E-state index in [4.69, 9.17) is 5.10 Å². The van der Waals surface area contributed by atoms with Crippen molar-refractivity contribution in [3.8, 4) is 0 Å². The quantitative estimate of drug-likeness (QED) is 0.812. The highest BCUT2D eigenvalue weighted by molar-refractivity contribution is 5.00. The summed E-state index contributed by atoms with van der Waals surface area (Å²) in [6.07, 6.45) is 16.1. The van der Waals surface area contributed by atoms with Crippen molar-refractivity contribution in [2.24, 2.45) is 5.92 Å². The van der Waals surface area contributed by atoms with Gasteiger partial charge in [0.2, 0.25) is 0 Å². The Morgan fingerprint density at radius 1 is 1.10 bits per heavy atom. The minimum atomic E-state index is 0.625. The molecule has 3 heteroatoms. The molecule has 3 rings (SSSR count). The molecular formula is C18H31N3. The van der Waals surface area contributed by atoms with E-state index in [1.54, 1.807) is 0 Å². The molecule has 0 bridgehead atoms. The van der Waals surface area contributed by atoms with Crippen molar-refractivity contribution in [1.82, 2.24) is 15.1 Å². The number of aromatic nitrogens is 2. The van der Waals surface area contributed by atoms with Crippen LogP contribution >= 0.6 is 0 Å². The summed E-state index contributed by atoms with van der Waals surface area (Å²) >= 11 is 0. The second-order valence-electron chi connectivity index (χ2n) is 7.15. The average molecular weight is 289 g/mol. The van der Waals surface area contributed by atoms with E-state index in [0.29, 0.717) is 12.1 Å². The predicted molar refractivity (Wildman–Crippen MR) is 87.2 cm³/mol. The molecule has 2 fully saturated rings. The van der Waals surface area contributed by atoms with Gasteiger partial charge in [-0.25, -0.2) is 0 Å². The van der Waals surface area contributed by atoms with Gasteiger partial charge in [-0.05, 0) is 44.6 Å². The van der Waals surface area contributed by atoms with Crippen LogP contribution in [0.1, 0.15) is 82.9 Å². The number of rotatable bonds is 5. The Labute approximate surface area is 129 Å². The third kappa shape index (κ3) is 4.09. The smallest absolute Gasteiger partial charge is 0.0762 e. The van der Waals surface area contributed by atoms with Gasteiger partial charge in [-0.15, -0.1) is 0 Å². The number of nitrogens with one attached hydrogen (secondary N) is 1. The van der Waals surface area contributed by atoms with Crippen molar-refractivity contribution in [2.45, 2.75) is 89.8 Å². The maximum absolute atomic E-state index is 4.78. The third-order valence-electron chi connectivity index (χ3n) is 5.57. The monoisotopic (exact) mass is 289 g/mol. The van der Waals surface area contributed by atoms with Gasteiger partial charge >= 0.3 is 0 Å². The maximum atomic E-state index is 4.78. The molecule has 1 N–H and O–H groups in total. The molecule has 21 heavy (non-hydrogen) atoms. The summed E-state index contributed by atoms with van der Waals surface area (Å²) in [5.41, 5.74) is 1.21. The highest BCUT2D eigenvalue weighted by Crippen LogP contribution is 2.29. The normalized spacial score (nSPS) is 23.3. The first kappa shape index (κ1) is 15.1. The fourth-order valence-corrected chi connectivity index (χ4v) is 4.09. The molecule has 0 amide bonds. The molecule has 1 heterocycles. The van der Waals surface area contributed by atoms with E-state index in [1.807, 2.05) is 0 Å². The van der Waals surface area contributed by atoms with Crippen LogP contribution in [0.3, 0.4) is 0 Å². The minimum absolute atomic E-state index is 0.625. The molecule has 1 atom stereocenters. The molecule has 1 aromatic heterocycles. The summed E-state index contributed by atoms with van der Waals surface area (Å²) in [7, 11) is 0. The number of hydrogen-bond acceptors (Lipinski definition) is 2. The lowest BCUT2D eigenvalue weighted by molar-refractivity contribution is 0.334. The van der Waals surface area contributed by atoms with Crippen molar-refractivity contribution in [3.05, 3.63) is 18.0 Å². The van der Waals surface area contributed by atoms with Gasteiger partial charge in [0.05, 0.1) is 11.7 Å². The largest absolute Gasteiger partial charge is 0.308 e. The van der Waals surface area contributed by atoms with Gasteiger partial charge < -0.3 is 5.32 Å². The van der Waals surface area contributed by atoms with Gasteiger partial charge in [0.15, 0.2) is 0 Å². The van der Waals surface area contributed by atoms with E-state index >= 15 is 0 Å². The van der Waals surface area contributed by atoms with Crippen LogP contribution in [-0.4, -0.2) is 15.8 Å². The molecular weight excluding hydrogens is 258 g/mol. The standard InChI is InChI=1S/C18H31N3/c1-15(16-8-4-2-3-5-9-16)19-14-17-12-13-21(20-17)18-10-6-7-11-18/h12-13,15-16,18-19H,2-11,14H2,1H3/t15-/m0/s1. The van der Waals surface area contributed by atoms with Crippen molar-refractivity contribution in [2.75, 3.05) is 0 Å². The number of hydrogen-bond donors (Lipinski definition) is 1. The molecule has 2 saturated carbocycles. The summed E-state index contributed by atoms with van der Waals surface area (Å²) in [4.78, 5) is 0. The Hall–Kier alpha value is -0.830. The maximum Gasteiger partial charge on any atom is 0.0762 e. The molecule has 0 aromatic carbocycles. The average Bonchev–Trinajstić information content (AvgIpc) is 3.11. The molecule has 118 valence electrons. The highest BCUT2D eigenvalue weighted by atomic mass is 15.3. The van der Waals surface area contributed by atoms with Crippen LogP contribution in [0.2, 0.25) is 0 Å². The zero-order chi connectivity index (χ0) is 14.5. The third-order valence-corrected chi connectivity index (χ3v) is 5.57. The van der Waals surface area contributed by atoms with Crippen LogP contribution in [0.5, 0.6) is 0 Å². The van der Waals surface area contributed by atoms with Gasteiger partial charge in [-0.2, -0.15) is 5.10 Å². The Morgan fingerprint density at radius 2 is 1.76 bits per heavy atom. The zero-order valence-corrected chi connectivity index (χ0v) is 13.6. The molecule has 2 aliphatic carbocycles. The van der Waals surface area contributed by atoms with E-state index in [1.165, 1.54) is 69.9 Å². The van der Waals surface area contributed by atoms with E-state index in [-0.39, 0.29) is 0 Å².